The van der Waals surface area contributed by atoms with Gasteiger partial charge in [0, 0.05) is 0 Å². The van der Waals surface area contributed by atoms with Crippen molar-refractivity contribution in [2.75, 3.05) is 19.8 Å². The summed E-state index contributed by atoms with van der Waals surface area (Å²) in [6.07, 6.45) is -6.39. The van der Waals surface area contributed by atoms with Gasteiger partial charge in [0.15, 0.2) is 0 Å². The molecule has 0 aromatic heterocycles. The molecule has 0 spiro atoms. The van der Waals surface area contributed by atoms with Crippen LogP contribution in [0.25, 0.3) is 0 Å². The molecule has 0 amide bonds. The lowest BCUT2D eigenvalue weighted by Crippen LogP contribution is -2.64. The van der Waals surface area contributed by atoms with Gasteiger partial charge in [-0.15, -0.1) is 0 Å². The molecule has 6 N–H and O–H groups in total. The molecule has 1 aliphatic rings. The van der Waals surface area contributed by atoms with Gasteiger partial charge < -0.3 is 30.3 Å². The molecule has 1 saturated heterocycles. The largest absolute Gasteiger partial charge is 0.407 e. The van der Waals surface area contributed by atoms with Gasteiger partial charge in [-0.3, -0.25) is 9.05 Å². The highest BCUT2D eigenvalue weighted by atomic mass is 31.2. The number of rotatable bonds is 12. The van der Waals surface area contributed by atoms with E-state index in [0.29, 0.717) is 12.8 Å². The summed E-state index contributed by atoms with van der Waals surface area (Å²) < 4.78 is 28.9. The lowest BCUT2D eigenvalue weighted by Gasteiger charge is -2.42. The molecular weight excluding hydrogens is 369 g/mol. The highest BCUT2D eigenvalue weighted by molar-refractivity contribution is 7.51. The molecule has 1 aliphatic heterocycles. The zero-order chi connectivity index (χ0) is 19.7. The first kappa shape index (κ1) is 23.9. The third-order valence-corrected chi connectivity index (χ3v) is 5.64. The van der Waals surface area contributed by atoms with Crippen LogP contribution in [0, 0.1) is 0 Å². The molecule has 0 bridgehead atoms. The van der Waals surface area contributed by atoms with Crippen LogP contribution in [0.1, 0.15) is 39.5 Å². The lowest BCUT2D eigenvalue weighted by molar-refractivity contribution is -0.249. The fourth-order valence-electron chi connectivity index (χ4n) is 2.36. The van der Waals surface area contributed by atoms with Crippen molar-refractivity contribution in [2.24, 2.45) is 0 Å². The second kappa shape index (κ2) is 11.7. The minimum absolute atomic E-state index is 0.156. The fourth-order valence-corrected chi connectivity index (χ4v) is 3.85. The molecule has 1 heterocycles. The summed E-state index contributed by atoms with van der Waals surface area (Å²) in [6, 6.07) is 0. The minimum atomic E-state index is -3.87. The maximum Gasteiger partial charge on any atom is 0.407 e. The Labute approximate surface area is 153 Å². The number of hydrogen-bond acceptors (Lipinski definition) is 9. The van der Waals surface area contributed by atoms with Gasteiger partial charge in [0.1, 0.15) is 36.7 Å². The van der Waals surface area contributed by atoms with E-state index in [2.05, 4.69) is 5.09 Å². The first-order chi connectivity index (χ1) is 12.3. The maximum atomic E-state index is 12.9. The Morgan fingerprint density at radius 2 is 1.58 bits per heavy atom. The van der Waals surface area contributed by atoms with Gasteiger partial charge in [-0.1, -0.05) is 26.7 Å². The van der Waals surface area contributed by atoms with E-state index in [1.165, 1.54) is 0 Å². The topological polar surface area (TPSA) is 158 Å². The molecule has 156 valence electrons. The number of aliphatic hydroxyl groups excluding tert-OH is 5. The molecule has 6 atom stereocenters. The van der Waals surface area contributed by atoms with Gasteiger partial charge in [0.25, 0.3) is 0 Å². The smallest absolute Gasteiger partial charge is 0.394 e. The van der Waals surface area contributed by atoms with Crippen LogP contribution in [0.15, 0.2) is 0 Å². The van der Waals surface area contributed by atoms with Crippen molar-refractivity contribution >= 4 is 7.75 Å². The van der Waals surface area contributed by atoms with Crippen LogP contribution in [0.4, 0.5) is 0 Å². The summed E-state index contributed by atoms with van der Waals surface area (Å²) in [5.74, 6) is 0. The molecule has 1 rings (SSSR count). The van der Waals surface area contributed by atoms with Crippen LogP contribution >= 0.6 is 7.75 Å². The Balaban J connectivity index is 2.86. The predicted molar refractivity (Wildman–Crippen MR) is 92.2 cm³/mol. The number of nitrogens with one attached hydrogen (secondary N) is 1. The first-order valence-electron chi connectivity index (χ1n) is 8.95. The minimum Gasteiger partial charge on any atom is -0.394 e. The maximum absolute atomic E-state index is 12.9. The van der Waals surface area contributed by atoms with Crippen molar-refractivity contribution in [3.8, 4) is 0 Å². The van der Waals surface area contributed by atoms with E-state index in [9.17, 15) is 25.0 Å². The van der Waals surface area contributed by atoms with Crippen LogP contribution in [0.3, 0.4) is 0 Å². The van der Waals surface area contributed by atoms with E-state index in [0.717, 1.165) is 12.8 Å². The van der Waals surface area contributed by atoms with E-state index in [1.54, 1.807) is 0 Å². The summed E-state index contributed by atoms with van der Waals surface area (Å²) in [5.41, 5.74) is 0. The molecule has 10 nitrogen and oxygen atoms in total. The molecule has 0 unspecified atom stereocenters. The molecule has 0 saturated carbocycles. The summed E-state index contributed by atoms with van der Waals surface area (Å²) in [6.45, 7) is 3.46. The standard InChI is InChI=1S/C15H32NO9P/c1-3-5-7-23-26(22,24-8-6-4-2)16-15-13(21)11(19)12(20)14(25-15)10(18)9-17/h10-15,17-21H,3-9H2,1-2H3,(H,16,22)/t10-,11+,12+,13+,14-,15-/m1/s1. The molecule has 1 fully saturated rings. The normalized spacial score (nSPS) is 31.1. The van der Waals surface area contributed by atoms with Gasteiger partial charge in [-0.25, -0.2) is 4.57 Å². The lowest BCUT2D eigenvalue weighted by atomic mass is 9.95. The van der Waals surface area contributed by atoms with Gasteiger partial charge in [0.2, 0.25) is 0 Å². The van der Waals surface area contributed by atoms with E-state index in [-0.39, 0.29) is 13.2 Å². The van der Waals surface area contributed by atoms with Crippen molar-refractivity contribution in [2.45, 2.75) is 76.3 Å². The van der Waals surface area contributed by atoms with Gasteiger partial charge in [-0.2, -0.15) is 5.09 Å². The van der Waals surface area contributed by atoms with Gasteiger partial charge in [-0.05, 0) is 12.8 Å². The Morgan fingerprint density at radius 3 is 2.04 bits per heavy atom. The Morgan fingerprint density at radius 1 is 1.04 bits per heavy atom. The zero-order valence-corrected chi connectivity index (χ0v) is 16.1. The number of ether oxygens (including phenoxy) is 1. The number of aliphatic hydroxyl groups is 5. The monoisotopic (exact) mass is 401 g/mol. The summed E-state index contributed by atoms with van der Waals surface area (Å²) >= 11 is 0. The molecule has 11 heteroatoms. The molecule has 0 aromatic carbocycles. The summed E-state index contributed by atoms with van der Waals surface area (Å²) in [7, 11) is -3.87. The van der Waals surface area contributed by atoms with Crippen LogP contribution < -0.4 is 5.09 Å². The Hall–Kier alpha value is -0.130. The summed E-state index contributed by atoms with van der Waals surface area (Å²) in [5, 5.41) is 51.2. The second-order valence-electron chi connectivity index (χ2n) is 6.24. The van der Waals surface area contributed by atoms with Crippen LogP contribution in [0.2, 0.25) is 0 Å². The predicted octanol–water partition coefficient (Wildman–Crippen LogP) is -0.522. The highest BCUT2D eigenvalue weighted by Gasteiger charge is 2.48. The molecular formula is C15H32NO9P. The van der Waals surface area contributed by atoms with Crippen molar-refractivity contribution in [3.05, 3.63) is 0 Å². The molecule has 0 aliphatic carbocycles. The quantitative estimate of drug-likeness (QED) is 0.186. The third kappa shape index (κ3) is 6.79. The molecule has 26 heavy (non-hydrogen) atoms. The van der Waals surface area contributed by atoms with Crippen molar-refractivity contribution in [1.29, 1.82) is 0 Å². The SMILES string of the molecule is CCCCOP(=O)(N[C@@H]1O[C@H]([C@H](O)CO)[C@@H](O)[C@H](O)[C@@H]1O)OCCCC. The third-order valence-electron chi connectivity index (χ3n) is 4.02. The Kier molecular flexibility index (Phi) is 10.7. The van der Waals surface area contributed by atoms with Crippen molar-refractivity contribution in [1.82, 2.24) is 5.09 Å². The first-order valence-corrected chi connectivity index (χ1v) is 10.5. The molecule has 0 aromatic rings. The van der Waals surface area contributed by atoms with Gasteiger partial charge in [0.05, 0.1) is 19.8 Å². The molecule has 0 radical (unpaired) electrons. The van der Waals surface area contributed by atoms with Crippen molar-refractivity contribution in [3.63, 3.8) is 0 Å². The van der Waals surface area contributed by atoms with E-state index < -0.39 is 51.1 Å². The van der Waals surface area contributed by atoms with Crippen LogP contribution in [-0.4, -0.2) is 82.1 Å². The van der Waals surface area contributed by atoms with E-state index in [4.69, 9.17) is 18.9 Å². The fraction of sp³-hybridized carbons (Fsp3) is 1.00. The zero-order valence-electron chi connectivity index (χ0n) is 15.2. The second-order valence-corrected chi connectivity index (χ2v) is 8.01. The highest BCUT2D eigenvalue weighted by Crippen LogP contribution is 2.45. The van der Waals surface area contributed by atoms with Crippen LogP contribution in [0.5, 0.6) is 0 Å². The van der Waals surface area contributed by atoms with E-state index in [1.807, 2.05) is 13.8 Å². The Bertz CT molecular complexity index is 427. The van der Waals surface area contributed by atoms with Crippen molar-refractivity contribution < 1.29 is 43.9 Å². The average Bonchev–Trinajstić information content (AvgIpc) is 2.62. The average molecular weight is 401 g/mol. The number of hydrogen-bond donors (Lipinski definition) is 6. The summed E-state index contributed by atoms with van der Waals surface area (Å²) in [4.78, 5) is 0. The number of unbranched alkanes of at least 4 members (excludes halogenated alkanes) is 2. The van der Waals surface area contributed by atoms with Crippen LogP contribution in [-0.2, 0) is 18.3 Å². The van der Waals surface area contributed by atoms with E-state index >= 15 is 0 Å². The van der Waals surface area contributed by atoms with Gasteiger partial charge >= 0.3 is 7.75 Å².